The number of nitrogens with two attached hydrogens (primary N) is 2. The first-order valence-corrected chi connectivity index (χ1v) is 5.60. The zero-order chi connectivity index (χ0) is 13.0. The highest BCUT2D eigenvalue weighted by atomic mass is 16.2. The summed E-state index contributed by atoms with van der Waals surface area (Å²) in [4.78, 5) is 36.9. The standard InChI is InChI=1S/C10H18N4O3/c1-2-3-13-4-5-14(10(17)9(13)16)6-7(11)8(12)15/h7H,2-6,11H2,1H3,(H2,12,15). The third-order valence-corrected chi connectivity index (χ3v) is 2.67. The summed E-state index contributed by atoms with van der Waals surface area (Å²) in [7, 11) is 0. The molecule has 0 spiro atoms. The van der Waals surface area contributed by atoms with Crippen molar-refractivity contribution in [2.24, 2.45) is 11.5 Å². The minimum Gasteiger partial charge on any atom is -0.368 e. The summed E-state index contributed by atoms with van der Waals surface area (Å²) in [6.45, 7) is 3.38. The van der Waals surface area contributed by atoms with Crippen LogP contribution in [0.5, 0.6) is 0 Å². The van der Waals surface area contributed by atoms with Crippen LogP contribution >= 0.6 is 0 Å². The summed E-state index contributed by atoms with van der Waals surface area (Å²) in [5.41, 5.74) is 10.5. The van der Waals surface area contributed by atoms with E-state index in [1.807, 2.05) is 6.92 Å². The van der Waals surface area contributed by atoms with Crippen molar-refractivity contribution in [3.05, 3.63) is 0 Å². The van der Waals surface area contributed by atoms with Gasteiger partial charge in [-0.1, -0.05) is 6.92 Å². The van der Waals surface area contributed by atoms with E-state index in [1.165, 1.54) is 9.80 Å². The van der Waals surface area contributed by atoms with Gasteiger partial charge in [-0.05, 0) is 6.42 Å². The van der Waals surface area contributed by atoms with E-state index >= 15 is 0 Å². The van der Waals surface area contributed by atoms with Gasteiger partial charge in [0.15, 0.2) is 0 Å². The monoisotopic (exact) mass is 242 g/mol. The van der Waals surface area contributed by atoms with E-state index in [4.69, 9.17) is 11.5 Å². The zero-order valence-electron chi connectivity index (χ0n) is 9.89. The second kappa shape index (κ2) is 5.62. The number of hydrogen-bond donors (Lipinski definition) is 2. The molecule has 96 valence electrons. The highest BCUT2D eigenvalue weighted by Crippen LogP contribution is 2.06. The van der Waals surface area contributed by atoms with Crippen LogP contribution in [0.1, 0.15) is 13.3 Å². The van der Waals surface area contributed by atoms with Gasteiger partial charge in [0.25, 0.3) is 0 Å². The second-order valence-electron chi connectivity index (χ2n) is 4.05. The third-order valence-electron chi connectivity index (χ3n) is 2.67. The highest BCUT2D eigenvalue weighted by Gasteiger charge is 2.33. The van der Waals surface area contributed by atoms with Crippen LogP contribution in [0.15, 0.2) is 0 Å². The lowest BCUT2D eigenvalue weighted by Crippen LogP contribution is -2.58. The molecule has 1 aliphatic rings. The Labute approximate surface area is 99.7 Å². The molecule has 0 radical (unpaired) electrons. The minimum atomic E-state index is -0.926. The predicted octanol–water partition coefficient (Wildman–Crippen LogP) is -2.12. The number of nitrogens with zero attached hydrogens (tertiary/aromatic N) is 2. The molecule has 17 heavy (non-hydrogen) atoms. The van der Waals surface area contributed by atoms with Gasteiger partial charge in [-0.3, -0.25) is 14.4 Å². The SMILES string of the molecule is CCCN1CCN(CC(N)C(N)=O)C(=O)C1=O. The quantitative estimate of drug-likeness (QED) is 0.537. The molecular weight excluding hydrogens is 224 g/mol. The summed E-state index contributed by atoms with van der Waals surface area (Å²) in [5, 5.41) is 0. The Balaban J connectivity index is 2.59. The van der Waals surface area contributed by atoms with Gasteiger partial charge >= 0.3 is 11.8 Å². The maximum absolute atomic E-state index is 11.7. The predicted molar refractivity (Wildman–Crippen MR) is 60.6 cm³/mol. The van der Waals surface area contributed by atoms with E-state index in [2.05, 4.69) is 0 Å². The van der Waals surface area contributed by atoms with E-state index in [1.54, 1.807) is 0 Å². The lowest BCUT2D eigenvalue weighted by molar-refractivity contribution is -0.156. The molecule has 1 rings (SSSR count). The molecule has 4 N–H and O–H groups in total. The molecule has 0 bridgehead atoms. The first-order valence-electron chi connectivity index (χ1n) is 5.60. The molecule has 0 aromatic carbocycles. The van der Waals surface area contributed by atoms with Crippen LogP contribution in [0.3, 0.4) is 0 Å². The molecule has 0 aromatic rings. The van der Waals surface area contributed by atoms with E-state index in [0.29, 0.717) is 19.6 Å². The molecule has 1 heterocycles. The molecular formula is C10H18N4O3. The van der Waals surface area contributed by atoms with Crippen LogP contribution in [-0.4, -0.2) is 59.7 Å². The molecule has 1 fully saturated rings. The van der Waals surface area contributed by atoms with E-state index in [9.17, 15) is 14.4 Å². The lowest BCUT2D eigenvalue weighted by Gasteiger charge is -2.34. The zero-order valence-corrected chi connectivity index (χ0v) is 9.89. The maximum atomic E-state index is 11.7. The Morgan fingerprint density at radius 1 is 1.29 bits per heavy atom. The second-order valence-corrected chi connectivity index (χ2v) is 4.05. The van der Waals surface area contributed by atoms with Crippen molar-refractivity contribution in [3.63, 3.8) is 0 Å². The van der Waals surface area contributed by atoms with E-state index in [0.717, 1.165) is 6.42 Å². The molecule has 7 heteroatoms. The van der Waals surface area contributed by atoms with Gasteiger partial charge in [0, 0.05) is 26.2 Å². The maximum Gasteiger partial charge on any atom is 0.312 e. The van der Waals surface area contributed by atoms with Crippen molar-refractivity contribution in [2.45, 2.75) is 19.4 Å². The van der Waals surface area contributed by atoms with Gasteiger partial charge in [-0.2, -0.15) is 0 Å². The molecule has 0 saturated carbocycles. The van der Waals surface area contributed by atoms with Crippen molar-refractivity contribution >= 4 is 17.7 Å². The van der Waals surface area contributed by atoms with Crippen LogP contribution in [0, 0.1) is 0 Å². The van der Waals surface area contributed by atoms with E-state index in [-0.39, 0.29) is 6.54 Å². The molecule has 1 aliphatic heterocycles. The van der Waals surface area contributed by atoms with Crippen molar-refractivity contribution in [2.75, 3.05) is 26.2 Å². The fraction of sp³-hybridized carbons (Fsp3) is 0.700. The normalized spacial score (nSPS) is 18.5. The highest BCUT2D eigenvalue weighted by molar-refractivity contribution is 6.35. The number of hydrogen-bond acceptors (Lipinski definition) is 4. The Hall–Kier alpha value is -1.63. The fourth-order valence-corrected chi connectivity index (χ4v) is 1.70. The average molecular weight is 242 g/mol. The third kappa shape index (κ3) is 3.16. The summed E-state index contributed by atoms with van der Waals surface area (Å²) in [6.07, 6.45) is 0.805. The van der Waals surface area contributed by atoms with Gasteiger partial charge in [0.2, 0.25) is 5.91 Å². The van der Waals surface area contributed by atoms with Crippen LogP contribution in [0.4, 0.5) is 0 Å². The van der Waals surface area contributed by atoms with Crippen LogP contribution in [-0.2, 0) is 14.4 Å². The van der Waals surface area contributed by atoms with Gasteiger partial charge in [-0.15, -0.1) is 0 Å². The first kappa shape index (κ1) is 13.4. The Kier molecular flexibility index (Phi) is 4.45. The molecule has 1 atom stereocenters. The average Bonchev–Trinajstić information content (AvgIpc) is 2.28. The number of carbonyl (C=O) groups excluding carboxylic acids is 3. The Morgan fingerprint density at radius 3 is 2.35 bits per heavy atom. The number of carbonyl (C=O) groups is 3. The van der Waals surface area contributed by atoms with Crippen molar-refractivity contribution < 1.29 is 14.4 Å². The topological polar surface area (TPSA) is 110 Å². The van der Waals surface area contributed by atoms with Crippen LogP contribution in [0.25, 0.3) is 0 Å². The van der Waals surface area contributed by atoms with E-state index < -0.39 is 23.8 Å². The number of rotatable bonds is 5. The van der Waals surface area contributed by atoms with Gasteiger partial charge in [0.05, 0.1) is 0 Å². The van der Waals surface area contributed by atoms with Crippen LogP contribution < -0.4 is 11.5 Å². The molecule has 7 nitrogen and oxygen atoms in total. The van der Waals surface area contributed by atoms with Gasteiger partial charge < -0.3 is 21.3 Å². The molecule has 1 unspecified atom stereocenters. The summed E-state index contributed by atoms with van der Waals surface area (Å²) in [5.74, 6) is -1.82. The first-order chi connectivity index (χ1) is 7.97. The number of amides is 3. The summed E-state index contributed by atoms with van der Waals surface area (Å²) in [6, 6.07) is -0.926. The fourth-order valence-electron chi connectivity index (χ4n) is 1.70. The largest absolute Gasteiger partial charge is 0.368 e. The van der Waals surface area contributed by atoms with Crippen molar-refractivity contribution in [1.82, 2.24) is 9.80 Å². The van der Waals surface area contributed by atoms with Crippen molar-refractivity contribution in [1.29, 1.82) is 0 Å². The van der Waals surface area contributed by atoms with Gasteiger partial charge in [-0.25, -0.2) is 0 Å². The number of piperazine rings is 1. The summed E-state index contributed by atoms with van der Waals surface area (Å²) >= 11 is 0. The Morgan fingerprint density at radius 2 is 1.82 bits per heavy atom. The van der Waals surface area contributed by atoms with Crippen molar-refractivity contribution in [3.8, 4) is 0 Å². The lowest BCUT2D eigenvalue weighted by atomic mass is 10.2. The molecule has 0 aromatic heterocycles. The smallest absolute Gasteiger partial charge is 0.312 e. The molecule has 0 aliphatic carbocycles. The number of primary amides is 1. The molecule has 3 amide bonds. The summed E-state index contributed by atoms with van der Waals surface area (Å²) < 4.78 is 0. The van der Waals surface area contributed by atoms with Gasteiger partial charge in [0.1, 0.15) is 6.04 Å². The van der Waals surface area contributed by atoms with Crippen LogP contribution in [0.2, 0.25) is 0 Å². The molecule has 1 saturated heterocycles. The minimum absolute atomic E-state index is 0.000127. The Bertz CT molecular complexity index is 332.